The Kier molecular flexibility index (Phi) is 3.18. The van der Waals surface area contributed by atoms with Gasteiger partial charge in [-0.15, -0.1) is 11.6 Å². The minimum atomic E-state index is -0.104. The predicted molar refractivity (Wildman–Crippen MR) is 49.1 cm³/mol. The molecule has 0 aliphatic carbocycles. The molecule has 0 bridgehead atoms. The molecule has 0 heterocycles. The van der Waals surface area contributed by atoms with Crippen molar-refractivity contribution in [3.05, 3.63) is 34.9 Å². The van der Waals surface area contributed by atoms with E-state index in [4.69, 9.17) is 28.9 Å². The van der Waals surface area contributed by atoms with Crippen molar-refractivity contribution < 1.29 is 0 Å². The van der Waals surface area contributed by atoms with E-state index in [1.54, 1.807) is 0 Å². The Labute approximate surface area is 76.1 Å². The summed E-state index contributed by atoms with van der Waals surface area (Å²) in [4.78, 5) is 0. The number of nitrogens with two attached hydrogens (primary N) is 1. The lowest BCUT2D eigenvalue weighted by Gasteiger charge is -2.05. The van der Waals surface area contributed by atoms with Gasteiger partial charge in [-0.1, -0.05) is 23.7 Å². The SMILES string of the molecule is NC[C@H](Cl)c1ccc(Cl)cc1. The largest absolute Gasteiger partial charge is 0.329 e. The van der Waals surface area contributed by atoms with Crippen LogP contribution in [0, 0.1) is 0 Å². The summed E-state index contributed by atoms with van der Waals surface area (Å²) in [5.41, 5.74) is 6.39. The fourth-order valence-corrected chi connectivity index (χ4v) is 1.08. The number of hydrogen-bond acceptors (Lipinski definition) is 1. The number of hydrogen-bond donors (Lipinski definition) is 1. The van der Waals surface area contributed by atoms with Gasteiger partial charge in [-0.3, -0.25) is 0 Å². The van der Waals surface area contributed by atoms with Crippen LogP contribution in [-0.4, -0.2) is 6.54 Å². The Balaban J connectivity index is 2.81. The first-order valence-corrected chi connectivity index (χ1v) is 4.15. The molecule has 3 heteroatoms. The van der Waals surface area contributed by atoms with Crippen LogP contribution in [0.25, 0.3) is 0 Å². The third kappa shape index (κ3) is 2.37. The molecule has 0 amide bonds. The van der Waals surface area contributed by atoms with Crippen molar-refractivity contribution in [3.63, 3.8) is 0 Å². The van der Waals surface area contributed by atoms with Gasteiger partial charge in [-0.05, 0) is 17.7 Å². The summed E-state index contributed by atoms with van der Waals surface area (Å²) in [6.07, 6.45) is 0. The molecule has 0 radical (unpaired) electrons. The number of benzene rings is 1. The highest BCUT2D eigenvalue weighted by molar-refractivity contribution is 6.30. The Hall–Kier alpha value is -0.240. The molecule has 0 saturated carbocycles. The molecule has 2 N–H and O–H groups in total. The first kappa shape index (κ1) is 8.85. The molecule has 1 aromatic carbocycles. The van der Waals surface area contributed by atoms with Gasteiger partial charge in [0.2, 0.25) is 0 Å². The first-order chi connectivity index (χ1) is 5.24. The van der Waals surface area contributed by atoms with Gasteiger partial charge >= 0.3 is 0 Å². The third-order valence-electron chi connectivity index (χ3n) is 1.44. The highest BCUT2D eigenvalue weighted by Gasteiger charge is 2.03. The van der Waals surface area contributed by atoms with Gasteiger partial charge in [0.1, 0.15) is 0 Å². The van der Waals surface area contributed by atoms with E-state index < -0.39 is 0 Å². The molecule has 60 valence electrons. The van der Waals surface area contributed by atoms with Crippen molar-refractivity contribution in [1.82, 2.24) is 0 Å². The van der Waals surface area contributed by atoms with E-state index in [1.165, 1.54) is 0 Å². The molecular weight excluding hydrogens is 181 g/mol. The second-order valence-corrected chi connectivity index (χ2v) is 3.22. The summed E-state index contributed by atoms with van der Waals surface area (Å²) < 4.78 is 0. The second-order valence-electron chi connectivity index (χ2n) is 2.25. The standard InChI is InChI=1S/C8H9Cl2N/c9-7-3-1-6(2-4-7)8(10)5-11/h1-4,8H,5,11H2/t8-/m0/s1. The Bertz CT molecular complexity index is 220. The molecule has 1 rings (SSSR count). The zero-order valence-corrected chi connectivity index (χ0v) is 7.44. The van der Waals surface area contributed by atoms with Crippen LogP contribution in [0.1, 0.15) is 10.9 Å². The van der Waals surface area contributed by atoms with E-state index in [-0.39, 0.29) is 5.38 Å². The molecule has 0 aliphatic heterocycles. The van der Waals surface area contributed by atoms with Gasteiger partial charge in [0.15, 0.2) is 0 Å². The van der Waals surface area contributed by atoms with Crippen LogP contribution in [0.4, 0.5) is 0 Å². The Morgan fingerprint density at radius 3 is 2.27 bits per heavy atom. The van der Waals surface area contributed by atoms with E-state index in [1.807, 2.05) is 24.3 Å². The molecule has 0 unspecified atom stereocenters. The van der Waals surface area contributed by atoms with E-state index in [9.17, 15) is 0 Å². The molecule has 0 saturated heterocycles. The highest BCUT2D eigenvalue weighted by atomic mass is 35.5. The molecule has 0 spiro atoms. The van der Waals surface area contributed by atoms with Gasteiger partial charge in [0.25, 0.3) is 0 Å². The van der Waals surface area contributed by atoms with Gasteiger partial charge in [-0.2, -0.15) is 0 Å². The van der Waals surface area contributed by atoms with Crippen molar-refractivity contribution in [2.45, 2.75) is 5.38 Å². The molecule has 0 aromatic heterocycles. The van der Waals surface area contributed by atoms with Crippen molar-refractivity contribution in [3.8, 4) is 0 Å². The molecule has 1 aromatic rings. The summed E-state index contributed by atoms with van der Waals surface area (Å²) in [7, 11) is 0. The average Bonchev–Trinajstić information content (AvgIpc) is 2.05. The van der Waals surface area contributed by atoms with Crippen LogP contribution in [0.2, 0.25) is 5.02 Å². The summed E-state index contributed by atoms with van der Waals surface area (Å²) in [6.45, 7) is 0.448. The normalized spacial score (nSPS) is 13.0. The lowest BCUT2D eigenvalue weighted by Crippen LogP contribution is -2.06. The zero-order valence-electron chi connectivity index (χ0n) is 5.93. The maximum Gasteiger partial charge on any atom is 0.0707 e. The van der Waals surface area contributed by atoms with Gasteiger partial charge in [0.05, 0.1) is 5.38 Å². The minimum absolute atomic E-state index is 0.104. The van der Waals surface area contributed by atoms with E-state index in [0.717, 1.165) is 10.6 Å². The molecule has 1 nitrogen and oxygen atoms in total. The quantitative estimate of drug-likeness (QED) is 0.712. The van der Waals surface area contributed by atoms with Crippen molar-refractivity contribution in [2.75, 3.05) is 6.54 Å². The zero-order chi connectivity index (χ0) is 8.27. The predicted octanol–water partition coefficient (Wildman–Crippen LogP) is 2.58. The van der Waals surface area contributed by atoms with Crippen molar-refractivity contribution in [2.24, 2.45) is 5.73 Å². The van der Waals surface area contributed by atoms with Crippen LogP contribution in [0.3, 0.4) is 0 Å². The number of rotatable bonds is 2. The molecule has 11 heavy (non-hydrogen) atoms. The fourth-order valence-electron chi connectivity index (χ4n) is 0.808. The number of halogens is 2. The van der Waals surface area contributed by atoms with Crippen LogP contribution >= 0.6 is 23.2 Å². The Morgan fingerprint density at radius 2 is 1.82 bits per heavy atom. The summed E-state index contributed by atoms with van der Waals surface area (Å²) in [5.74, 6) is 0. The lowest BCUT2D eigenvalue weighted by atomic mass is 10.1. The second kappa shape index (κ2) is 3.96. The topological polar surface area (TPSA) is 26.0 Å². The minimum Gasteiger partial charge on any atom is -0.329 e. The molecular formula is C8H9Cl2N. The summed E-state index contributed by atoms with van der Waals surface area (Å²) in [5, 5.41) is 0.613. The Morgan fingerprint density at radius 1 is 1.27 bits per heavy atom. The lowest BCUT2D eigenvalue weighted by molar-refractivity contribution is 0.930. The van der Waals surface area contributed by atoms with E-state index in [2.05, 4.69) is 0 Å². The van der Waals surface area contributed by atoms with Gasteiger partial charge in [-0.25, -0.2) is 0 Å². The maximum atomic E-state index is 5.87. The summed E-state index contributed by atoms with van der Waals surface area (Å²) in [6, 6.07) is 7.38. The van der Waals surface area contributed by atoms with Crippen LogP contribution < -0.4 is 5.73 Å². The molecule has 1 atom stereocenters. The first-order valence-electron chi connectivity index (χ1n) is 3.33. The van der Waals surface area contributed by atoms with Crippen LogP contribution in [0.5, 0.6) is 0 Å². The van der Waals surface area contributed by atoms with Crippen LogP contribution in [0.15, 0.2) is 24.3 Å². The average molecular weight is 190 g/mol. The smallest absolute Gasteiger partial charge is 0.0707 e. The van der Waals surface area contributed by atoms with Gasteiger partial charge < -0.3 is 5.73 Å². The summed E-state index contributed by atoms with van der Waals surface area (Å²) >= 11 is 11.6. The fraction of sp³-hybridized carbons (Fsp3) is 0.250. The molecule has 0 aliphatic rings. The van der Waals surface area contributed by atoms with Crippen LogP contribution in [-0.2, 0) is 0 Å². The maximum absolute atomic E-state index is 5.87. The molecule has 0 fully saturated rings. The monoisotopic (exact) mass is 189 g/mol. The highest BCUT2D eigenvalue weighted by Crippen LogP contribution is 2.20. The van der Waals surface area contributed by atoms with Crippen molar-refractivity contribution >= 4 is 23.2 Å². The number of alkyl halides is 1. The van der Waals surface area contributed by atoms with E-state index in [0.29, 0.717) is 6.54 Å². The van der Waals surface area contributed by atoms with Crippen molar-refractivity contribution in [1.29, 1.82) is 0 Å². The van der Waals surface area contributed by atoms with E-state index >= 15 is 0 Å². The third-order valence-corrected chi connectivity index (χ3v) is 2.12. The van der Waals surface area contributed by atoms with Gasteiger partial charge in [0, 0.05) is 11.6 Å².